The number of ketones is 1. The number of hydrogen-bond acceptors (Lipinski definition) is 6. The number of nitrogens with one attached hydrogen (secondary N) is 2. The van der Waals surface area contributed by atoms with Crippen LogP contribution in [0.15, 0.2) is 42.5 Å². The predicted octanol–water partition coefficient (Wildman–Crippen LogP) is 1.83. The van der Waals surface area contributed by atoms with Gasteiger partial charge >= 0.3 is 5.97 Å². The van der Waals surface area contributed by atoms with E-state index in [-0.39, 0.29) is 24.6 Å². The molecule has 0 radical (unpaired) electrons. The number of Topliss-reactive ketones (excluding diaryl/α,β-unsaturated/α-hetero) is 1. The van der Waals surface area contributed by atoms with Crippen LogP contribution < -0.4 is 15.4 Å². The molecule has 0 spiro atoms. The highest BCUT2D eigenvalue weighted by Gasteiger charge is 2.18. The molecule has 3 rings (SSSR count). The van der Waals surface area contributed by atoms with Gasteiger partial charge in [0, 0.05) is 16.1 Å². The molecule has 0 fully saturated rings. The number of hydrogen-bond donors (Lipinski definition) is 2. The minimum atomic E-state index is -0.759. The number of ether oxygens (including phenoxy) is 2. The van der Waals surface area contributed by atoms with E-state index in [0.29, 0.717) is 22.0 Å². The number of fused-ring (bicyclic) bond motifs is 1. The van der Waals surface area contributed by atoms with Crippen molar-refractivity contribution >= 4 is 40.9 Å². The molecular formula is C19H15ClN2O6. The normalized spacial score (nSPS) is 12.2. The van der Waals surface area contributed by atoms with Gasteiger partial charge in [0.05, 0.1) is 5.69 Å². The molecular weight excluding hydrogens is 388 g/mol. The van der Waals surface area contributed by atoms with Crippen molar-refractivity contribution in [3.63, 3.8) is 0 Å². The molecule has 0 saturated carbocycles. The van der Waals surface area contributed by atoms with E-state index in [1.807, 2.05) is 0 Å². The van der Waals surface area contributed by atoms with E-state index in [4.69, 9.17) is 21.1 Å². The number of rotatable bonds is 6. The van der Waals surface area contributed by atoms with Gasteiger partial charge in [0.1, 0.15) is 12.3 Å². The van der Waals surface area contributed by atoms with Crippen LogP contribution in [-0.4, -0.2) is 43.3 Å². The smallest absolute Gasteiger partial charge is 0.325 e. The van der Waals surface area contributed by atoms with Gasteiger partial charge < -0.3 is 20.1 Å². The zero-order valence-corrected chi connectivity index (χ0v) is 15.2. The number of carbonyl (C=O) groups is 4. The summed E-state index contributed by atoms with van der Waals surface area (Å²) in [7, 11) is 0. The highest BCUT2D eigenvalue weighted by molar-refractivity contribution is 6.30. The van der Waals surface area contributed by atoms with Gasteiger partial charge in [-0.3, -0.25) is 19.2 Å². The molecule has 2 aromatic rings. The maximum atomic E-state index is 12.2. The summed E-state index contributed by atoms with van der Waals surface area (Å²) in [5, 5.41) is 5.48. The topological polar surface area (TPSA) is 111 Å². The minimum absolute atomic E-state index is 0.0837. The Kier molecular flexibility index (Phi) is 5.90. The summed E-state index contributed by atoms with van der Waals surface area (Å²) in [6.07, 6.45) is 0. The van der Waals surface area contributed by atoms with Crippen molar-refractivity contribution < 1.29 is 28.7 Å². The molecule has 0 saturated heterocycles. The Morgan fingerprint density at radius 1 is 1.11 bits per heavy atom. The molecule has 0 bridgehead atoms. The maximum Gasteiger partial charge on any atom is 0.325 e. The fraction of sp³-hybridized carbons (Fsp3) is 0.158. The largest absolute Gasteiger partial charge is 0.482 e. The van der Waals surface area contributed by atoms with E-state index >= 15 is 0 Å². The second-order valence-corrected chi connectivity index (χ2v) is 6.26. The number of amides is 2. The van der Waals surface area contributed by atoms with Gasteiger partial charge in [-0.2, -0.15) is 0 Å². The van der Waals surface area contributed by atoms with Crippen LogP contribution in [0.3, 0.4) is 0 Å². The van der Waals surface area contributed by atoms with Crippen LogP contribution in [0.2, 0.25) is 5.02 Å². The Morgan fingerprint density at radius 2 is 1.82 bits per heavy atom. The first kappa shape index (κ1) is 19.4. The van der Waals surface area contributed by atoms with Crippen LogP contribution in [0.5, 0.6) is 5.75 Å². The van der Waals surface area contributed by atoms with Crippen molar-refractivity contribution in [2.24, 2.45) is 0 Å². The summed E-state index contributed by atoms with van der Waals surface area (Å²) >= 11 is 5.75. The minimum Gasteiger partial charge on any atom is -0.482 e. The standard InChI is InChI=1S/C19H15ClN2O6/c20-13-4-1-11(2-5-13)19(26)21-8-18(25)28-9-15(23)12-3-6-16-14(7-12)22-17(24)10-27-16/h1-7H,8-10H2,(H,21,26)(H,22,24). The molecule has 1 heterocycles. The lowest BCUT2D eigenvalue weighted by atomic mass is 10.1. The zero-order valence-electron chi connectivity index (χ0n) is 14.5. The lowest BCUT2D eigenvalue weighted by molar-refractivity contribution is -0.141. The maximum absolute atomic E-state index is 12.2. The van der Waals surface area contributed by atoms with Gasteiger partial charge in [0.15, 0.2) is 19.0 Å². The molecule has 0 aliphatic carbocycles. The molecule has 1 aliphatic heterocycles. The number of benzene rings is 2. The van der Waals surface area contributed by atoms with Crippen molar-refractivity contribution in [2.45, 2.75) is 0 Å². The van der Waals surface area contributed by atoms with Crippen molar-refractivity contribution in [2.75, 3.05) is 25.1 Å². The summed E-state index contributed by atoms with van der Waals surface area (Å²) in [5.41, 5.74) is 0.970. The average molecular weight is 403 g/mol. The lowest BCUT2D eigenvalue weighted by Gasteiger charge is -2.18. The van der Waals surface area contributed by atoms with Crippen LogP contribution in [-0.2, 0) is 14.3 Å². The molecule has 2 N–H and O–H groups in total. The zero-order chi connectivity index (χ0) is 20.1. The Balaban J connectivity index is 1.48. The Hall–Kier alpha value is -3.39. The molecule has 0 unspecified atom stereocenters. The highest BCUT2D eigenvalue weighted by atomic mass is 35.5. The first-order valence-corrected chi connectivity index (χ1v) is 8.59. The molecule has 0 atom stereocenters. The molecule has 8 nitrogen and oxygen atoms in total. The van der Waals surface area contributed by atoms with Gasteiger partial charge in [0.25, 0.3) is 11.8 Å². The quantitative estimate of drug-likeness (QED) is 0.563. The van der Waals surface area contributed by atoms with Crippen LogP contribution in [0, 0.1) is 0 Å². The Bertz CT molecular complexity index is 942. The summed E-state index contributed by atoms with van der Waals surface area (Å²) in [6.45, 7) is -0.967. The molecule has 28 heavy (non-hydrogen) atoms. The van der Waals surface area contributed by atoms with E-state index in [2.05, 4.69) is 10.6 Å². The third-order valence-electron chi connectivity index (χ3n) is 3.80. The third kappa shape index (κ3) is 4.86. The third-order valence-corrected chi connectivity index (χ3v) is 4.05. The number of esters is 1. The first-order valence-electron chi connectivity index (χ1n) is 8.21. The predicted molar refractivity (Wildman–Crippen MR) is 99.6 cm³/mol. The van der Waals surface area contributed by atoms with Crippen LogP contribution >= 0.6 is 11.6 Å². The lowest BCUT2D eigenvalue weighted by Crippen LogP contribution is -2.31. The monoisotopic (exact) mass is 402 g/mol. The summed E-state index contributed by atoms with van der Waals surface area (Å²) in [6, 6.07) is 10.7. The second-order valence-electron chi connectivity index (χ2n) is 5.82. The van der Waals surface area contributed by atoms with Crippen LogP contribution in [0.25, 0.3) is 0 Å². The van der Waals surface area contributed by atoms with Gasteiger partial charge in [0.2, 0.25) is 0 Å². The van der Waals surface area contributed by atoms with Crippen molar-refractivity contribution in [1.82, 2.24) is 5.32 Å². The Morgan fingerprint density at radius 3 is 2.57 bits per heavy atom. The second kappa shape index (κ2) is 8.53. The van der Waals surface area contributed by atoms with E-state index in [1.54, 1.807) is 18.2 Å². The highest BCUT2D eigenvalue weighted by Crippen LogP contribution is 2.28. The number of carbonyl (C=O) groups excluding carboxylic acids is 4. The van der Waals surface area contributed by atoms with E-state index in [0.717, 1.165) is 0 Å². The van der Waals surface area contributed by atoms with Gasteiger partial charge in [-0.25, -0.2) is 0 Å². The van der Waals surface area contributed by atoms with E-state index in [1.165, 1.54) is 24.3 Å². The molecule has 2 amide bonds. The van der Waals surface area contributed by atoms with E-state index < -0.39 is 24.3 Å². The van der Waals surface area contributed by atoms with Gasteiger partial charge in [-0.15, -0.1) is 0 Å². The fourth-order valence-corrected chi connectivity index (χ4v) is 2.52. The van der Waals surface area contributed by atoms with Gasteiger partial charge in [-0.1, -0.05) is 11.6 Å². The fourth-order valence-electron chi connectivity index (χ4n) is 2.39. The summed E-state index contributed by atoms with van der Waals surface area (Å²) in [4.78, 5) is 47.2. The first-order chi connectivity index (χ1) is 13.4. The summed E-state index contributed by atoms with van der Waals surface area (Å²) in [5.74, 6) is -1.55. The SMILES string of the molecule is O=C1COc2ccc(C(=O)COC(=O)CNC(=O)c3ccc(Cl)cc3)cc2N1. The average Bonchev–Trinajstić information content (AvgIpc) is 2.70. The molecule has 1 aliphatic rings. The van der Waals surface area contributed by atoms with Gasteiger partial charge in [-0.05, 0) is 42.5 Å². The Labute approximate surface area is 164 Å². The number of anilines is 1. The molecule has 144 valence electrons. The molecule has 2 aromatic carbocycles. The van der Waals surface area contributed by atoms with Crippen molar-refractivity contribution in [3.05, 3.63) is 58.6 Å². The molecule has 0 aromatic heterocycles. The van der Waals surface area contributed by atoms with E-state index in [9.17, 15) is 19.2 Å². The van der Waals surface area contributed by atoms with Crippen LogP contribution in [0.1, 0.15) is 20.7 Å². The molecule has 9 heteroatoms. The van der Waals surface area contributed by atoms with Crippen molar-refractivity contribution in [1.29, 1.82) is 0 Å². The number of halogens is 1. The summed E-state index contributed by atoms with van der Waals surface area (Å²) < 4.78 is 10.1. The van der Waals surface area contributed by atoms with Crippen molar-refractivity contribution in [3.8, 4) is 5.75 Å². The van der Waals surface area contributed by atoms with Crippen LogP contribution in [0.4, 0.5) is 5.69 Å².